The van der Waals surface area contributed by atoms with Crippen LogP contribution in [0.15, 0.2) is 0 Å². The van der Waals surface area contributed by atoms with Crippen LogP contribution in [0.25, 0.3) is 0 Å². The van der Waals surface area contributed by atoms with E-state index in [0.29, 0.717) is 0 Å². The average Bonchev–Trinajstić information content (AvgIpc) is 1.41. The lowest BCUT2D eigenvalue weighted by Gasteiger charge is -1.84. The molecule has 0 aliphatic heterocycles. The Hall–Kier alpha value is -0.0400. The summed E-state index contributed by atoms with van der Waals surface area (Å²) in [5, 5.41) is 0. The van der Waals surface area contributed by atoms with Crippen LogP contribution in [0, 0.1) is 0 Å². The van der Waals surface area contributed by atoms with Crippen molar-refractivity contribution in [3.8, 4) is 0 Å². The lowest BCUT2D eigenvalue weighted by Crippen LogP contribution is -1.80. The summed E-state index contributed by atoms with van der Waals surface area (Å²) in [5.74, 6) is 0. The summed E-state index contributed by atoms with van der Waals surface area (Å²) in [4.78, 5) is 0. The maximum Gasteiger partial charge on any atom is 0.0459 e. The van der Waals surface area contributed by atoms with Gasteiger partial charge >= 0.3 is 0 Å². The topological polar surface area (TPSA) is 9.23 Å². The number of methoxy groups -OCH3 is 1. The lowest BCUT2D eigenvalue weighted by atomic mass is 10.5. The summed E-state index contributed by atoms with van der Waals surface area (Å²) >= 11 is 0. The third-order valence-electron chi connectivity index (χ3n) is 0.408. The first kappa shape index (κ1) is 51.0. The monoisotopic (exact) mass is 154 g/mol. The normalized spacial score (nSPS) is 4.20. The molecule has 0 unspecified atom stereocenters. The van der Waals surface area contributed by atoms with E-state index < -0.39 is 0 Å². The third kappa shape index (κ3) is 100. The average molecular weight is 154 g/mol. The second-order valence-electron chi connectivity index (χ2n) is 0.993. The van der Waals surface area contributed by atoms with Crippen LogP contribution < -0.4 is 0 Å². The molecule has 0 saturated heterocycles. The summed E-state index contributed by atoms with van der Waals surface area (Å²) < 4.78 is 4.69. The molecule has 0 aliphatic rings. The second-order valence-corrected chi connectivity index (χ2v) is 0.993. The van der Waals surface area contributed by atoms with Gasteiger partial charge in [0.15, 0.2) is 0 Å². The Morgan fingerprint density at radius 3 is 1.20 bits per heavy atom. The van der Waals surface area contributed by atoms with Crippen molar-refractivity contribution in [2.45, 2.75) is 50.5 Å². The lowest BCUT2D eigenvalue weighted by molar-refractivity contribution is 0.199. The number of hydrogen-bond acceptors (Lipinski definition) is 1. The highest BCUT2D eigenvalue weighted by Crippen LogP contribution is 1.70. The van der Waals surface area contributed by atoms with Crippen LogP contribution >= 0.6 is 0 Å². The molecule has 0 aromatic carbocycles. The van der Waals surface area contributed by atoms with Gasteiger partial charge < -0.3 is 4.74 Å². The standard InChI is InChI=1S/C4H10O.5CH4/c1-3-4-5-2;;;;;/h3-4H2,1-2H3;5*1H4. The van der Waals surface area contributed by atoms with Crippen molar-refractivity contribution in [3.05, 3.63) is 0 Å². The van der Waals surface area contributed by atoms with Crippen molar-refractivity contribution in [1.82, 2.24) is 0 Å². The molecule has 0 fully saturated rings. The molecule has 0 spiro atoms. The van der Waals surface area contributed by atoms with Gasteiger partial charge in [-0.2, -0.15) is 0 Å². The van der Waals surface area contributed by atoms with Crippen molar-refractivity contribution < 1.29 is 4.74 Å². The summed E-state index contributed by atoms with van der Waals surface area (Å²) in [6.07, 6.45) is 1.12. The Bertz CT molecular complexity index is 12.2. The van der Waals surface area contributed by atoms with Crippen molar-refractivity contribution in [3.63, 3.8) is 0 Å². The van der Waals surface area contributed by atoms with Crippen LogP contribution in [0.3, 0.4) is 0 Å². The fraction of sp³-hybridized carbons (Fsp3) is 1.00. The maximum absolute atomic E-state index is 4.69. The molecule has 0 radical (unpaired) electrons. The highest BCUT2D eigenvalue weighted by atomic mass is 16.5. The van der Waals surface area contributed by atoms with Crippen LogP contribution in [-0.4, -0.2) is 13.7 Å². The highest BCUT2D eigenvalue weighted by Gasteiger charge is 1.66. The quantitative estimate of drug-likeness (QED) is 0.578. The molecule has 0 heterocycles. The molecule has 10 heavy (non-hydrogen) atoms. The van der Waals surface area contributed by atoms with E-state index >= 15 is 0 Å². The van der Waals surface area contributed by atoms with Crippen molar-refractivity contribution in [2.24, 2.45) is 0 Å². The Morgan fingerprint density at radius 2 is 1.20 bits per heavy atom. The highest BCUT2D eigenvalue weighted by molar-refractivity contribution is 4.15. The summed E-state index contributed by atoms with van der Waals surface area (Å²) in [7, 11) is 1.71. The van der Waals surface area contributed by atoms with Crippen LogP contribution in [0.4, 0.5) is 0 Å². The number of hydrogen-bond donors (Lipinski definition) is 0. The molecule has 72 valence electrons. The Labute approximate surface area is 69.8 Å². The van der Waals surface area contributed by atoms with E-state index in [4.69, 9.17) is 4.74 Å². The molecule has 1 nitrogen and oxygen atoms in total. The first-order valence-electron chi connectivity index (χ1n) is 1.90. The largest absolute Gasteiger partial charge is 0.385 e. The second kappa shape index (κ2) is 64.8. The van der Waals surface area contributed by atoms with E-state index in [1.165, 1.54) is 0 Å². The molecule has 0 saturated carbocycles. The predicted molar refractivity (Wildman–Crippen MR) is 55.8 cm³/mol. The van der Waals surface area contributed by atoms with Gasteiger partial charge in [0.1, 0.15) is 0 Å². The Kier molecular flexibility index (Phi) is 330. The van der Waals surface area contributed by atoms with E-state index in [1.807, 2.05) is 0 Å². The molecular formula is C9H30O. The van der Waals surface area contributed by atoms with Crippen molar-refractivity contribution in [2.75, 3.05) is 13.7 Å². The Morgan fingerprint density at radius 1 is 0.900 bits per heavy atom. The van der Waals surface area contributed by atoms with Gasteiger partial charge in [-0.15, -0.1) is 0 Å². The number of rotatable bonds is 2. The van der Waals surface area contributed by atoms with Gasteiger partial charge in [-0.3, -0.25) is 0 Å². The molecule has 0 bridgehead atoms. The summed E-state index contributed by atoms with van der Waals surface area (Å²) in [5.41, 5.74) is 0. The minimum absolute atomic E-state index is 0. The molecule has 1 heteroatoms. The van der Waals surface area contributed by atoms with E-state index in [0.717, 1.165) is 13.0 Å². The van der Waals surface area contributed by atoms with E-state index in [-0.39, 0.29) is 37.1 Å². The fourth-order valence-corrected chi connectivity index (χ4v) is 0.204. The predicted octanol–water partition coefficient (Wildman–Crippen LogP) is 4.22. The van der Waals surface area contributed by atoms with Gasteiger partial charge in [-0.25, -0.2) is 0 Å². The van der Waals surface area contributed by atoms with Gasteiger partial charge in [0.05, 0.1) is 0 Å². The van der Waals surface area contributed by atoms with Gasteiger partial charge in [0.25, 0.3) is 0 Å². The van der Waals surface area contributed by atoms with Gasteiger partial charge in [0.2, 0.25) is 0 Å². The van der Waals surface area contributed by atoms with Crippen LogP contribution in [-0.2, 0) is 4.74 Å². The first-order chi connectivity index (χ1) is 2.41. The number of ether oxygens (including phenoxy) is 1. The van der Waals surface area contributed by atoms with E-state index in [2.05, 4.69) is 6.92 Å². The van der Waals surface area contributed by atoms with E-state index in [9.17, 15) is 0 Å². The van der Waals surface area contributed by atoms with Crippen molar-refractivity contribution in [1.29, 1.82) is 0 Å². The third-order valence-corrected chi connectivity index (χ3v) is 0.408. The van der Waals surface area contributed by atoms with Gasteiger partial charge in [-0.05, 0) is 6.42 Å². The zero-order valence-corrected chi connectivity index (χ0v) is 3.82. The zero-order chi connectivity index (χ0) is 4.12. The van der Waals surface area contributed by atoms with Crippen LogP contribution in [0.5, 0.6) is 0 Å². The van der Waals surface area contributed by atoms with Gasteiger partial charge in [-0.1, -0.05) is 44.1 Å². The molecule has 0 rings (SSSR count). The summed E-state index contributed by atoms with van der Waals surface area (Å²) in [6.45, 7) is 2.98. The minimum atomic E-state index is 0. The van der Waals surface area contributed by atoms with E-state index in [1.54, 1.807) is 7.11 Å². The molecule has 0 aliphatic carbocycles. The molecule has 0 amide bonds. The smallest absolute Gasteiger partial charge is 0.0459 e. The fourth-order valence-electron chi connectivity index (χ4n) is 0.204. The minimum Gasteiger partial charge on any atom is -0.385 e. The molecule has 0 atom stereocenters. The molecular weight excluding hydrogens is 124 g/mol. The van der Waals surface area contributed by atoms with Crippen LogP contribution in [0.1, 0.15) is 50.5 Å². The zero-order valence-electron chi connectivity index (χ0n) is 3.82. The SMILES string of the molecule is C.C.C.C.C.CCCOC. The van der Waals surface area contributed by atoms with Crippen LogP contribution in [0.2, 0.25) is 0 Å². The van der Waals surface area contributed by atoms with Gasteiger partial charge in [0, 0.05) is 13.7 Å². The summed E-state index contributed by atoms with van der Waals surface area (Å²) in [6, 6.07) is 0. The molecule has 0 aromatic heterocycles. The first-order valence-corrected chi connectivity index (χ1v) is 1.90. The molecule has 0 N–H and O–H groups in total. The Balaban J connectivity index is -0.00000000800. The molecule has 0 aromatic rings. The maximum atomic E-state index is 4.69. The van der Waals surface area contributed by atoms with Crippen molar-refractivity contribution >= 4 is 0 Å².